The summed E-state index contributed by atoms with van der Waals surface area (Å²) in [5, 5.41) is 7.33. The normalized spacial score (nSPS) is 16.3. The summed E-state index contributed by atoms with van der Waals surface area (Å²) in [6.45, 7) is 3.12. The van der Waals surface area contributed by atoms with Gasteiger partial charge in [0.2, 0.25) is 0 Å². The Bertz CT molecular complexity index is 885. The van der Waals surface area contributed by atoms with Crippen LogP contribution in [0.15, 0.2) is 60.7 Å². The van der Waals surface area contributed by atoms with E-state index in [1.54, 1.807) is 6.07 Å². The molecule has 5 heteroatoms. The van der Waals surface area contributed by atoms with E-state index in [-0.39, 0.29) is 12.0 Å². The van der Waals surface area contributed by atoms with Gasteiger partial charge in [0.25, 0.3) is 5.91 Å². The van der Waals surface area contributed by atoms with E-state index in [9.17, 15) is 4.79 Å². The van der Waals surface area contributed by atoms with Gasteiger partial charge in [-0.05, 0) is 30.7 Å². The van der Waals surface area contributed by atoms with Gasteiger partial charge in [-0.15, -0.1) is 0 Å². The minimum Gasteiger partial charge on any atom is -0.365 e. The van der Waals surface area contributed by atoms with Crippen molar-refractivity contribution in [2.45, 2.75) is 26.2 Å². The lowest BCUT2D eigenvalue weighted by molar-refractivity contribution is -0.00119. The Morgan fingerprint density at radius 3 is 2.68 bits per heavy atom. The Balaban J connectivity index is 1.50. The predicted octanol–water partition coefficient (Wildman–Crippen LogP) is 3.72. The van der Waals surface area contributed by atoms with E-state index in [2.05, 4.69) is 41.6 Å². The lowest BCUT2D eigenvalue weighted by Crippen LogP contribution is -2.22. The molecule has 0 saturated heterocycles. The smallest absolute Gasteiger partial charge is 0.276 e. The van der Waals surface area contributed by atoms with E-state index in [0.717, 1.165) is 16.9 Å². The molecule has 0 fully saturated rings. The van der Waals surface area contributed by atoms with Crippen molar-refractivity contribution in [3.8, 4) is 0 Å². The molecule has 1 amide bonds. The van der Waals surface area contributed by atoms with Crippen LogP contribution in [0.1, 0.15) is 33.4 Å². The zero-order valence-corrected chi connectivity index (χ0v) is 14.0. The van der Waals surface area contributed by atoms with Gasteiger partial charge in [0.05, 0.1) is 18.8 Å². The Morgan fingerprint density at radius 2 is 1.92 bits per heavy atom. The second kappa shape index (κ2) is 6.53. The minimum atomic E-state index is -0.208. The molecule has 4 rings (SSSR count). The maximum absolute atomic E-state index is 12.4. The highest BCUT2D eigenvalue weighted by atomic mass is 16.5. The van der Waals surface area contributed by atoms with Crippen molar-refractivity contribution in [1.82, 2.24) is 9.78 Å². The molecule has 0 saturated carbocycles. The summed E-state index contributed by atoms with van der Waals surface area (Å²) in [5.74, 6) is -0.208. The van der Waals surface area contributed by atoms with Crippen LogP contribution in [0.3, 0.4) is 0 Å². The van der Waals surface area contributed by atoms with Crippen LogP contribution >= 0.6 is 0 Å². The van der Waals surface area contributed by atoms with E-state index >= 15 is 0 Å². The number of amides is 1. The average molecular weight is 333 g/mol. The third kappa shape index (κ3) is 3.32. The van der Waals surface area contributed by atoms with Crippen molar-refractivity contribution in [2.75, 3.05) is 5.32 Å². The number of carbonyl (C=O) groups excluding carboxylic acids is 1. The largest absolute Gasteiger partial charge is 0.365 e. The summed E-state index contributed by atoms with van der Waals surface area (Å²) < 4.78 is 7.82. The number of benzene rings is 2. The molecule has 0 radical (unpaired) electrons. The summed E-state index contributed by atoms with van der Waals surface area (Å²) in [6, 6.07) is 19.5. The van der Waals surface area contributed by atoms with Crippen molar-refractivity contribution in [3.05, 3.63) is 83.2 Å². The molecule has 0 spiro atoms. The van der Waals surface area contributed by atoms with Gasteiger partial charge in [0, 0.05) is 5.69 Å². The van der Waals surface area contributed by atoms with Gasteiger partial charge in [-0.3, -0.25) is 9.48 Å². The van der Waals surface area contributed by atoms with Gasteiger partial charge >= 0.3 is 0 Å². The topological polar surface area (TPSA) is 56.2 Å². The molecule has 5 nitrogen and oxygen atoms in total. The molecule has 25 heavy (non-hydrogen) atoms. The molecular formula is C20H19N3O2. The van der Waals surface area contributed by atoms with E-state index in [0.29, 0.717) is 18.8 Å². The molecule has 1 N–H and O–H groups in total. The van der Waals surface area contributed by atoms with Crippen LogP contribution < -0.4 is 5.32 Å². The third-order valence-corrected chi connectivity index (χ3v) is 4.35. The number of rotatable bonds is 3. The third-order valence-electron chi connectivity index (χ3n) is 4.35. The van der Waals surface area contributed by atoms with Crippen LogP contribution in [0.4, 0.5) is 5.69 Å². The van der Waals surface area contributed by atoms with Crippen LogP contribution in [0.25, 0.3) is 0 Å². The second-order valence-corrected chi connectivity index (χ2v) is 6.23. The molecule has 1 aliphatic rings. The SMILES string of the molecule is Cc1ccc([C@@H]2Cn3nc(C(=O)Nc4ccccc4)cc3CO2)cc1. The van der Waals surface area contributed by atoms with Gasteiger partial charge in [0.15, 0.2) is 5.69 Å². The van der Waals surface area contributed by atoms with Gasteiger partial charge in [0.1, 0.15) is 6.10 Å². The fourth-order valence-corrected chi connectivity index (χ4v) is 2.94. The molecule has 1 aromatic heterocycles. The molecule has 2 aromatic carbocycles. The average Bonchev–Trinajstić information content (AvgIpc) is 3.06. The Kier molecular flexibility index (Phi) is 4.07. The number of hydrogen-bond acceptors (Lipinski definition) is 3. The highest BCUT2D eigenvalue weighted by Crippen LogP contribution is 2.27. The summed E-state index contributed by atoms with van der Waals surface area (Å²) in [5.41, 5.74) is 4.43. The molecule has 1 aliphatic heterocycles. The predicted molar refractivity (Wildman–Crippen MR) is 95.3 cm³/mol. The Hall–Kier alpha value is -2.92. The van der Waals surface area contributed by atoms with Crippen LogP contribution in [0.5, 0.6) is 0 Å². The van der Waals surface area contributed by atoms with Gasteiger partial charge < -0.3 is 10.1 Å². The van der Waals surface area contributed by atoms with Gasteiger partial charge in [-0.2, -0.15) is 5.10 Å². The monoisotopic (exact) mass is 333 g/mol. The molecule has 0 bridgehead atoms. The van der Waals surface area contributed by atoms with Crippen molar-refractivity contribution >= 4 is 11.6 Å². The summed E-state index contributed by atoms with van der Waals surface area (Å²) in [6.07, 6.45) is -0.0435. The molecular weight excluding hydrogens is 314 g/mol. The standard InChI is InChI=1S/C20H19N3O2/c1-14-7-9-15(10-8-14)19-12-23-17(13-25-19)11-18(22-23)20(24)21-16-5-3-2-4-6-16/h2-11,19H,12-13H2,1H3,(H,21,24)/t19-/m0/s1. The number of fused-ring (bicyclic) bond motifs is 1. The Labute approximate surface area is 146 Å². The van der Waals surface area contributed by atoms with Crippen molar-refractivity contribution in [3.63, 3.8) is 0 Å². The van der Waals surface area contributed by atoms with Crippen LogP contribution in [-0.2, 0) is 17.9 Å². The number of aromatic nitrogens is 2. The maximum Gasteiger partial charge on any atom is 0.276 e. The highest BCUT2D eigenvalue weighted by Gasteiger charge is 2.24. The van der Waals surface area contributed by atoms with E-state index in [1.807, 2.05) is 35.0 Å². The van der Waals surface area contributed by atoms with E-state index < -0.39 is 0 Å². The molecule has 0 aliphatic carbocycles. The van der Waals surface area contributed by atoms with Crippen molar-refractivity contribution in [2.24, 2.45) is 0 Å². The summed E-state index contributed by atoms with van der Waals surface area (Å²) >= 11 is 0. The van der Waals surface area contributed by atoms with Crippen LogP contribution in [0, 0.1) is 6.92 Å². The maximum atomic E-state index is 12.4. The first-order valence-electron chi connectivity index (χ1n) is 8.30. The lowest BCUT2D eigenvalue weighted by Gasteiger charge is -2.24. The first kappa shape index (κ1) is 15.6. The fourth-order valence-electron chi connectivity index (χ4n) is 2.94. The summed E-state index contributed by atoms with van der Waals surface area (Å²) in [4.78, 5) is 12.4. The minimum absolute atomic E-state index is 0.0435. The number of para-hydroxylation sites is 1. The van der Waals surface area contributed by atoms with E-state index in [4.69, 9.17) is 4.74 Å². The zero-order chi connectivity index (χ0) is 17.2. The molecule has 0 unspecified atom stereocenters. The number of aryl methyl sites for hydroxylation is 1. The lowest BCUT2D eigenvalue weighted by atomic mass is 10.1. The molecule has 2 heterocycles. The van der Waals surface area contributed by atoms with E-state index in [1.165, 1.54) is 5.56 Å². The van der Waals surface area contributed by atoms with Crippen LogP contribution in [0.2, 0.25) is 0 Å². The first-order chi connectivity index (χ1) is 12.2. The fraction of sp³-hybridized carbons (Fsp3) is 0.200. The molecule has 3 aromatic rings. The Morgan fingerprint density at radius 1 is 1.16 bits per heavy atom. The first-order valence-corrected chi connectivity index (χ1v) is 8.30. The van der Waals surface area contributed by atoms with Crippen molar-refractivity contribution in [1.29, 1.82) is 0 Å². The van der Waals surface area contributed by atoms with Gasteiger partial charge in [-0.25, -0.2) is 0 Å². The van der Waals surface area contributed by atoms with Crippen molar-refractivity contribution < 1.29 is 9.53 Å². The number of carbonyl (C=O) groups is 1. The number of nitrogens with zero attached hydrogens (tertiary/aromatic N) is 2. The number of nitrogens with one attached hydrogen (secondary N) is 1. The molecule has 126 valence electrons. The van der Waals surface area contributed by atoms with Crippen LogP contribution in [-0.4, -0.2) is 15.7 Å². The van der Waals surface area contributed by atoms with Gasteiger partial charge in [-0.1, -0.05) is 48.0 Å². The molecule has 1 atom stereocenters. The number of ether oxygens (including phenoxy) is 1. The quantitative estimate of drug-likeness (QED) is 0.795. The highest BCUT2D eigenvalue weighted by molar-refractivity contribution is 6.02. The summed E-state index contributed by atoms with van der Waals surface area (Å²) in [7, 11) is 0. The number of anilines is 1. The second-order valence-electron chi connectivity index (χ2n) is 6.23. The zero-order valence-electron chi connectivity index (χ0n) is 14.0. The number of hydrogen-bond donors (Lipinski definition) is 1.